The minimum Gasteiger partial charge on any atom is -0.327 e. The van der Waals surface area contributed by atoms with E-state index in [1.165, 1.54) is 11.8 Å². The first-order valence-electron chi connectivity index (χ1n) is 5.93. The molecule has 100 valence electrons. The summed E-state index contributed by atoms with van der Waals surface area (Å²) in [6, 6.07) is 7.01. The number of rotatable bonds is 2. The number of benzene rings is 1. The van der Waals surface area contributed by atoms with E-state index in [4.69, 9.17) is 0 Å². The predicted octanol–water partition coefficient (Wildman–Crippen LogP) is 3.01. The smallest absolute Gasteiger partial charge is 0.322 e. The van der Waals surface area contributed by atoms with Crippen LogP contribution in [0.15, 0.2) is 40.0 Å². The molecule has 5 heteroatoms. The first kappa shape index (κ1) is 13.8. The van der Waals surface area contributed by atoms with Gasteiger partial charge in [-0.25, -0.2) is 4.79 Å². The zero-order valence-corrected chi connectivity index (χ0v) is 12.6. The Balaban J connectivity index is 2.51. The third-order valence-electron chi connectivity index (χ3n) is 3.34. The monoisotopic (exact) mass is 322 g/mol. The quantitative estimate of drug-likeness (QED) is 0.909. The van der Waals surface area contributed by atoms with Crippen molar-refractivity contribution in [1.29, 1.82) is 0 Å². The number of urea groups is 1. The van der Waals surface area contributed by atoms with Gasteiger partial charge in [-0.3, -0.25) is 4.79 Å². The van der Waals surface area contributed by atoms with Gasteiger partial charge < -0.3 is 10.2 Å². The molecule has 1 aromatic carbocycles. The highest BCUT2D eigenvalue weighted by Gasteiger charge is 2.32. The van der Waals surface area contributed by atoms with E-state index in [1.807, 2.05) is 24.3 Å². The maximum absolute atomic E-state index is 11.9. The zero-order chi connectivity index (χ0) is 14.2. The molecule has 2 amide bonds. The molecule has 19 heavy (non-hydrogen) atoms. The van der Waals surface area contributed by atoms with Crippen LogP contribution in [-0.4, -0.2) is 23.8 Å². The van der Waals surface area contributed by atoms with E-state index < -0.39 is 0 Å². The van der Waals surface area contributed by atoms with Crippen molar-refractivity contribution >= 4 is 27.7 Å². The van der Waals surface area contributed by atoms with Crippen molar-refractivity contribution in [1.82, 2.24) is 10.2 Å². The van der Waals surface area contributed by atoms with E-state index in [0.717, 1.165) is 10.0 Å². The van der Waals surface area contributed by atoms with Gasteiger partial charge in [0.2, 0.25) is 0 Å². The maximum atomic E-state index is 11.9. The number of nitrogens with zero attached hydrogens (tertiary/aromatic N) is 1. The Morgan fingerprint density at radius 3 is 2.42 bits per heavy atom. The Hall–Kier alpha value is -1.62. The number of carbonyl (C=O) groups excluding carboxylic acids is 2. The van der Waals surface area contributed by atoms with Gasteiger partial charge in [0, 0.05) is 22.8 Å². The Kier molecular flexibility index (Phi) is 3.75. The molecule has 0 fully saturated rings. The third-order valence-corrected chi connectivity index (χ3v) is 3.87. The second-order valence-electron chi connectivity index (χ2n) is 4.55. The molecule has 4 nitrogen and oxygen atoms in total. The summed E-state index contributed by atoms with van der Waals surface area (Å²) in [5.74, 6) is -0.0303. The highest BCUT2D eigenvalue weighted by atomic mass is 79.9. The number of hydrogen-bond acceptors (Lipinski definition) is 2. The Bertz CT molecular complexity index is 563. The number of hydrogen-bond donors (Lipinski definition) is 1. The van der Waals surface area contributed by atoms with Crippen molar-refractivity contribution in [3.63, 3.8) is 0 Å². The lowest BCUT2D eigenvalue weighted by molar-refractivity contribution is -0.114. The van der Waals surface area contributed by atoms with Gasteiger partial charge in [0.25, 0.3) is 0 Å². The summed E-state index contributed by atoms with van der Waals surface area (Å²) in [5, 5.41) is 2.86. The van der Waals surface area contributed by atoms with Crippen LogP contribution in [0.5, 0.6) is 0 Å². The van der Waals surface area contributed by atoms with E-state index in [0.29, 0.717) is 11.3 Å². The molecule has 2 rings (SSSR count). The van der Waals surface area contributed by atoms with Crippen LogP contribution in [0.1, 0.15) is 25.5 Å². The van der Waals surface area contributed by atoms with Gasteiger partial charge in [-0.05, 0) is 31.5 Å². The lowest BCUT2D eigenvalue weighted by Crippen LogP contribution is -2.45. The van der Waals surface area contributed by atoms with Gasteiger partial charge in [0.15, 0.2) is 5.78 Å². The van der Waals surface area contributed by atoms with Crippen LogP contribution in [-0.2, 0) is 4.79 Å². The first-order chi connectivity index (χ1) is 8.91. The molecule has 1 aliphatic rings. The summed E-state index contributed by atoms with van der Waals surface area (Å²) in [6.45, 7) is 3.32. The molecule has 0 unspecified atom stereocenters. The molecule has 0 spiro atoms. The standard InChI is InChI=1S/C14H15BrN2O2/c1-8-12(9(2)18)13(16-14(19)17(8)3)10-4-6-11(15)7-5-10/h4-7,13H,1-3H3,(H,16,19)/t13-/m0/s1. The summed E-state index contributed by atoms with van der Waals surface area (Å²) in [6.07, 6.45) is 0. The molecule has 1 atom stereocenters. The Labute approximate surface area is 120 Å². The molecule has 1 heterocycles. The fourth-order valence-corrected chi connectivity index (χ4v) is 2.46. The lowest BCUT2D eigenvalue weighted by Gasteiger charge is -2.33. The molecule has 0 aromatic heterocycles. The average Bonchev–Trinajstić information content (AvgIpc) is 2.36. The first-order valence-corrected chi connectivity index (χ1v) is 6.72. The average molecular weight is 323 g/mol. The van der Waals surface area contributed by atoms with Crippen LogP contribution in [0.2, 0.25) is 0 Å². The van der Waals surface area contributed by atoms with Gasteiger partial charge in [-0.15, -0.1) is 0 Å². The van der Waals surface area contributed by atoms with E-state index in [1.54, 1.807) is 14.0 Å². The topological polar surface area (TPSA) is 49.4 Å². The van der Waals surface area contributed by atoms with E-state index in [2.05, 4.69) is 21.2 Å². The van der Waals surface area contributed by atoms with Crippen molar-refractivity contribution in [2.75, 3.05) is 7.05 Å². The van der Waals surface area contributed by atoms with Gasteiger partial charge >= 0.3 is 6.03 Å². The SMILES string of the molecule is CC(=O)C1=C(C)N(C)C(=O)N[C@H]1c1ccc(Br)cc1. The van der Waals surface area contributed by atoms with Gasteiger partial charge in [0.05, 0.1) is 6.04 Å². The summed E-state index contributed by atoms with van der Waals surface area (Å²) in [7, 11) is 1.66. The third kappa shape index (κ3) is 2.56. The van der Waals surface area contributed by atoms with E-state index in [9.17, 15) is 9.59 Å². The number of carbonyl (C=O) groups is 2. The van der Waals surface area contributed by atoms with Crippen molar-refractivity contribution in [3.05, 3.63) is 45.6 Å². The van der Waals surface area contributed by atoms with Gasteiger partial charge in [-0.2, -0.15) is 0 Å². The molecule has 0 bridgehead atoms. The highest BCUT2D eigenvalue weighted by molar-refractivity contribution is 9.10. The van der Waals surface area contributed by atoms with Crippen molar-refractivity contribution in [2.24, 2.45) is 0 Å². The Morgan fingerprint density at radius 1 is 1.32 bits per heavy atom. The molecule has 0 saturated carbocycles. The molecular weight excluding hydrogens is 308 g/mol. The van der Waals surface area contributed by atoms with Crippen molar-refractivity contribution in [3.8, 4) is 0 Å². The number of halogens is 1. The fraction of sp³-hybridized carbons (Fsp3) is 0.286. The second-order valence-corrected chi connectivity index (χ2v) is 5.46. The van der Waals surface area contributed by atoms with Crippen LogP contribution in [0.4, 0.5) is 4.79 Å². The summed E-state index contributed by atoms with van der Waals surface area (Å²) in [5.41, 5.74) is 2.22. The molecule has 0 saturated heterocycles. The second kappa shape index (κ2) is 5.17. The van der Waals surface area contributed by atoms with Crippen LogP contribution >= 0.6 is 15.9 Å². The molecule has 1 aromatic rings. The zero-order valence-electron chi connectivity index (χ0n) is 11.0. The molecular formula is C14H15BrN2O2. The molecule has 0 aliphatic carbocycles. The van der Waals surface area contributed by atoms with Crippen LogP contribution in [0.3, 0.4) is 0 Å². The van der Waals surface area contributed by atoms with Crippen LogP contribution in [0.25, 0.3) is 0 Å². The van der Waals surface area contributed by atoms with Crippen LogP contribution in [0, 0.1) is 0 Å². The van der Waals surface area contributed by atoms with Gasteiger partial charge in [0.1, 0.15) is 0 Å². The number of amides is 2. The van der Waals surface area contributed by atoms with Gasteiger partial charge in [-0.1, -0.05) is 28.1 Å². The Morgan fingerprint density at radius 2 is 1.89 bits per heavy atom. The van der Waals surface area contributed by atoms with Crippen LogP contribution < -0.4 is 5.32 Å². The summed E-state index contributed by atoms with van der Waals surface area (Å²) >= 11 is 3.37. The highest BCUT2D eigenvalue weighted by Crippen LogP contribution is 2.30. The van der Waals surface area contributed by atoms with E-state index in [-0.39, 0.29) is 17.9 Å². The fourth-order valence-electron chi connectivity index (χ4n) is 2.20. The van der Waals surface area contributed by atoms with E-state index >= 15 is 0 Å². The van der Waals surface area contributed by atoms with Crippen molar-refractivity contribution in [2.45, 2.75) is 19.9 Å². The number of nitrogens with one attached hydrogen (secondary N) is 1. The number of ketones is 1. The largest absolute Gasteiger partial charge is 0.327 e. The molecule has 1 N–H and O–H groups in total. The summed E-state index contributed by atoms with van der Waals surface area (Å²) in [4.78, 5) is 25.2. The molecule has 1 aliphatic heterocycles. The van der Waals surface area contributed by atoms with Crippen molar-refractivity contribution < 1.29 is 9.59 Å². The number of allylic oxidation sites excluding steroid dienone is 1. The minimum absolute atomic E-state index is 0.0303. The minimum atomic E-state index is -0.380. The maximum Gasteiger partial charge on any atom is 0.322 e. The normalized spacial score (nSPS) is 19.5. The lowest BCUT2D eigenvalue weighted by atomic mass is 9.93. The molecule has 0 radical (unpaired) electrons. The summed E-state index contributed by atoms with van der Waals surface area (Å²) < 4.78 is 0.959. The number of Topliss-reactive ketones (excluding diaryl/α,β-unsaturated/α-hetero) is 1. The predicted molar refractivity (Wildman–Crippen MR) is 76.6 cm³/mol.